The van der Waals surface area contributed by atoms with Crippen LogP contribution in [0.1, 0.15) is 0 Å². The van der Waals surface area contributed by atoms with E-state index >= 15 is 0 Å². The standard InChI is InChI=1S/C3H4OS2/c4-3-5-1-2-6-3/h1-4H. The molecule has 0 aromatic carbocycles. The molecule has 0 radical (unpaired) electrons. The molecule has 0 saturated carbocycles. The van der Waals surface area contributed by atoms with E-state index in [1.54, 1.807) is 0 Å². The molecule has 34 valence electrons. The lowest BCUT2D eigenvalue weighted by molar-refractivity contribution is 0.347. The Morgan fingerprint density at radius 3 is 2.00 bits per heavy atom. The lowest BCUT2D eigenvalue weighted by atomic mass is 11.3. The number of rotatable bonds is 0. The van der Waals surface area contributed by atoms with Crippen molar-refractivity contribution in [2.75, 3.05) is 0 Å². The van der Waals surface area contributed by atoms with Crippen molar-refractivity contribution in [1.29, 1.82) is 0 Å². The fraction of sp³-hybridized carbons (Fsp3) is 0.333. The Balaban J connectivity index is 2.32. The maximum Gasteiger partial charge on any atom is 0.154 e. The van der Waals surface area contributed by atoms with Crippen LogP contribution in [-0.4, -0.2) is 9.87 Å². The van der Waals surface area contributed by atoms with Crippen molar-refractivity contribution < 1.29 is 5.11 Å². The molecule has 0 aromatic rings. The Morgan fingerprint density at radius 1 is 1.33 bits per heavy atom. The van der Waals surface area contributed by atoms with E-state index in [1.807, 2.05) is 10.8 Å². The van der Waals surface area contributed by atoms with Gasteiger partial charge in [-0.05, 0) is 10.8 Å². The Kier molecular flexibility index (Phi) is 1.45. The smallest absolute Gasteiger partial charge is 0.154 e. The van der Waals surface area contributed by atoms with Gasteiger partial charge < -0.3 is 5.11 Å². The molecular formula is C3H4OS2. The molecule has 1 N–H and O–H groups in total. The summed E-state index contributed by atoms with van der Waals surface area (Å²) in [6, 6.07) is 0. The Bertz CT molecular complexity index is 63.2. The number of thioether (sulfide) groups is 2. The zero-order valence-corrected chi connectivity index (χ0v) is 4.63. The first-order valence-electron chi connectivity index (χ1n) is 1.53. The molecule has 1 rings (SSSR count). The van der Waals surface area contributed by atoms with Gasteiger partial charge in [-0.3, -0.25) is 0 Å². The summed E-state index contributed by atoms with van der Waals surface area (Å²) in [4.78, 5) is 0. The summed E-state index contributed by atoms with van der Waals surface area (Å²) in [5, 5.41) is 12.4. The fourth-order valence-electron chi connectivity index (χ4n) is 0.231. The second-order valence-electron chi connectivity index (χ2n) is 0.851. The fourth-order valence-corrected chi connectivity index (χ4v) is 1.65. The molecule has 0 unspecified atom stereocenters. The quantitative estimate of drug-likeness (QED) is 0.519. The first-order valence-corrected chi connectivity index (χ1v) is 3.42. The van der Waals surface area contributed by atoms with Crippen LogP contribution in [0.4, 0.5) is 0 Å². The molecule has 0 atom stereocenters. The molecule has 0 spiro atoms. The lowest BCUT2D eigenvalue weighted by Gasteiger charge is -1.90. The summed E-state index contributed by atoms with van der Waals surface area (Å²) in [6.07, 6.45) is 0. The predicted molar refractivity (Wildman–Crippen MR) is 30.3 cm³/mol. The lowest BCUT2D eigenvalue weighted by Crippen LogP contribution is -1.82. The normalized spacial score (nSPS) is 22.8. The van der Waals surface area contributed by atoms with Crippen molar-refractivity contribution >= 4 is 23.5 Å². The van der Waals surface area contributed by atoms with E-state index in [1.165, 1.54) is 23.5 Å². The number of aliphatic hydroxyl groups excluding tert-OH is 1. The van der Waals surface area contributed by atoms with Crippen LogP contribution in [0.3, 0.4) is 0 Å². The molecule has 1 heterocycles. The van der Waals surface area contributed by atoms with Crippen molar-refractivity contribution in [2.24, 2.45) is 0 Å². The van der Waals surface area contributed by atoms with Crippen LogP contribution in [0.5, 0.6) is 0 Å². The van der Waals surface area contributed by atoms with Gasteiger partial charge in [-0.25, -0.2) is 0 Å². The summed E-state index contributed by atoms with van der Waals surface area (Å²) < 4.78 is -0.231. The average Bonchev–Trinajstić information content (AvgIpc) is 1.86. The van der Waals surface area contributed by atoms with Gasteiger partial charge in [0.1, 0.15) is 0 Å². The third-order valence-corrected chi connectivity index (χ3v) is 2.34. The highest BCUT2D eigenvalue weighted by atomic mass is 32.2. The molecule has 0 aliphatic carbocycles. The summed E-state index contributed by atoms with van der Waals surface area (Å²) in [6.45, 7) is 0. The van der Waals surface area contributed by atoms with Gasteiger partial charge in [-0.1, -0.05) is 23.5 Å². The third kappa shape index (κ3) is 0.929. The minimum absolute atomic E-state index is 0.231. The van der Waals surface area contributed by atoms with E-state index in [-0.39, 0.29) is 4.77 Å². The summed E-state index contributed by atoms with van der Waals surface area (Å²) >= 11 is 2.87. The second kappa shape index (κ2) is 1.91. The van der Waals surface area contributed by atoms with Crippen molar-refractivity contribution in [3.63, 3.8) is 0 Å². The molecule has 1 aliphatic heterocycles. The molecule has 0 saturated heterocycles. The number of hydrogen-bond donors (Lipinski definition) is 1. The SMILES string of the molecule is OC1SC=CS1. The van der Waals surface area contributed by atoms with Gasteiger partial charge in [0.05, 0.1) is 0 Å². The monoisotopic (exact) mass is 120 g/mol. The van der Waals surface area contributed by atoms with Crippen LogP contribution >= 0.6 is 23.5 Å². The molecule has 6 heavy (non-hydrogen) atoms. The number of hydrogen-bond acceptors (Lipinski definition) is 3. The van der Waals surface area contributed by atoms with Gasteiger partial charge in [-0.15, -0.1) is 0 Å². The predicted octanol–water partition coefficient (Wildman–Crippen LogP) is 1.21. The van der Waals surface area contributed by atoms with Crippen LogP contribution in [0.2, 0.25) is 0 Å². The minimum Gasteiger partial charge on any atom is -0.372 e. The van der Waals surface area contributed by atoms with E-state index in [0.29, 0.717) is 0 Å². The summed E-state index contributed by atoms with van der Waals surface area (Å²) in [5.74, 6) is 0. The van der Waals surface area contributed by atoms with Gasteiger partial charge >= 0.3 is 0 Å². The van der Waals surface area contributed by atoms with Crippen LogP contribution in [0.25, 0.3) is 0 Å². The molecule has 1 nitrogen and oxygen atoms in total. The van der Waals surface area contributed by atoms with Crippen LogP contribution < -0.4 is 0 Å². The molecule has 1 aliphatic rings. The van der Waals surface area contributed by atoms with E-state index < -0.39 is 0 Å². The molecule has 0 aromatic heterocycles. The van der Waals surface area contributed by atoms with E-state index in [2.05, 4.69) is 0 Å². The Hall–Kier alpha value is 0.400. The van der Waals surface area contributed by atoms with Gasteiger partial charge in [-0.2, -0.15) is 0 Å². The molecular weight excluding hydrogens is 116 g/mol. The number of aliphatic hydroxyl groups is 1. The highest BCUT2D eigenvalue weighted by Gasteiger charge is 2.03. The largest absolute Gasteiger partial charge is 0.372 e. The Labute approximate surface area is 44.8 Å². The molecule has 0 fully saturated rings. The highest BCUT2D eigenvalue weighted by molar-refractivity contribution is 8.22. The van der Waals surface area contributed by atoms with Crippen molar-refractivity contribution in [3.05, 3.63) is 10.8 Å². The van der Waals surface area contributed by atoms with E-state index in [4.69, 9.17) is 5.11 Å². The summed E-state index contributed by atoms with van der Waals surface area (Å²) in [5.41, 5.74) is 0. The van der Waals surface area contributed by atoms with E-state index in [9.17, 15) is 0 Å². The average molecular weight is 120 g/mol. The van der Waals surface area contributed by atoms with Crippen molar-refractivity contribution in [1.82, 2.24) is 0 Å². The maximum atomic E-state index is 8.59. The van der Waals surface area contributed by atoms with Gasteiger partial charge in [0, 0.05) is 0 Å². The zero-order valence-electron chi connectivity index (χ0n) is 3.00. The third-order valence-electron chi connectivity index (χ3n) is 0.446. The summed E-state index contributed by atoms with van der Waals surface area (Å²) in [7, 11) is 0. The first kappa shape index (κ1) is 4.56. The molecule has 3 heteroatoms. The second-order valence-corrected chi connectivity index (χ2v) is 3.13. The first-order chi connectivity index (χ1) is 2.89. The van der Waals surface area contributed by atoms with Crippen molar-refractivity contribution in [2.45, 2.75) is 4.77 Å². The van der Waals surface area contributed by atoms with Gasteiger partial charge in [0.15, 0.2) is 4.77 Å². The van der Waals surface area contributed by atoms with Gasteiger partial charge in [0.2, 0.25) is 0 Å². The minimum atomic E-state index is -0.231. The molecule has 0 amide bonds. The van der Waals surface area contributed by atoms with Gasteiger partial charge in [0.25, 0.3) is 0 Å². The highest BCUT2D eigenvalue weighted by Crippen LogP contribution is 2.30. The maximum absolute atomic E-state index is 8.59. The Morgan fingerprint density at radius 2 is 1.83 bits per heavy atom. The van der Waals surface area contributed by atoms with Crippen LogP contribution in [0, 0.1) is 0 Å². The topological polar surface area (TPSA) is 20.2 Å². The van der Waals surface area contributed by atoms with Crippen LogP contribution in [-0.2, 0) is 0 Å². The van der Waals surface area contributed by atoms with E-state index in [0.717, 1.165) is 0 Å². The molecule has 0 bridgehead atoms. The van der Waals surface area contributed by atoms with Crippen molar-refractivity contribution in [3.8, 4) is 0 Å². The zero-order chi connectivity index (χ0) is 4.41. The van der Waals surface area contributed by atoms with Crippen LogP contribution in [0.15, 0.2) is 10.8 Å².